The number of hydrogen-bond acceptors (Lipinski definition) is 3. The molecule has 1 aromatic heterocycles. The third-order valence-electron chi connectivity index (χ3n) is 3.84. The summed E-state index contributed by atoms with van der Waals surface area (Å²) in [7, 11) is 0. The Morgan fingerprint density at radius 1 is 1.05 bits per heavy atom. The molecule has 0 unspecified atom stereocenters. The molecular formula is C15H20N4. The van der Waals surface area contributed by atoms with Crippen LogP contribution < -0.4 is 11.1 Å². The fourth-order valence-electron chi connectivity index (χ4n) is 2.66. The van der Waals surface area contributed by atoms with Crippen LogP contribution in [0.3, 0.4) is 0 Å². The fraction of sp³-hybridized carbons (Fsp3) is 0.400. The molecule has 0 atom stereocenters. The Hall–Kier alpha value is -1.81. The van der Waals surface area contributed by atoms with Crippen molar-refractivity contribution >= 4 is 5.69 Å². The van der Waals surface area contributed by atoms with E-state index in [9.17, 15) is 0 Å². The first kappa shape index (κ1) is 12.2. The van der Waals surface area contributed by atoms with Crippen molar-refractivity contribution in [3.8, 4) is 11.3 Å². The smallest absolute Gasteiger partial charge is 0.0650 e. The summed E-state index contributed by atoms with van der Waals surface area (Å²) in [4.78, 5) is 0. The minimum Gasteiger partial charge on any atom is -0.382 e. The average Bonchev–Trinajstić information content (AvgIpc) is 2.96. The van der Waals surface area contributed by atoms with Gasteiger partial charge in [0.05, 0.1) is 5.69 Å². The minimum atomic E-state index is 0.404. The van der Waals surface area contributed by atoms with Gasteiger partial charge in [-0.3, -0.25) is 5.10 Å². The fourth-order valence-corrected chi connectivity index (χ4v) is 2.66. The van der Waals surface area contributed by atoms with E-state index >= 15 is 0 Å². The van der Waals surface area contributed by atoms with Crippen molar-refractivity contribution in [1.82, 2.24) is 10.2 Å². The lowest BCUT2D eigenvalue weighted by Gasteiger charge is -2.27. The van der Waals surface area contributed by atoms with Crippen LogP contribution in [0.2, 0.25) is 0 Å². The maximum Gasteiger partial charge on any atom is 0.0650 e. The van der Waals surface area contributed by atoms with Crippen LogP contribution in [-0.2, 0) is 0 Å². The Bertz CT molecular complexity index is 495. The lowest BCUT2D eigenvalue weighted by atomic mass is 9.91. The van der Waals surface area contributed by atoms with Gasteiger partial charge in [-0.25, -0.2) is 0 Å². The Morgan fingerprint density at radius 2 is 1.79 bits per heavy atom. The number of rotatable bonds is 3. The molecule has 0 saturated heterocycles. The minimum absolute atomic E-state index is 0.404. The summed E-state index contributed by atoms with van der Waals surface area (Å²) >= 11 is 0. The van der Waals surface area contributed by atoms with E-state index in [0.29, 0.717) is 12.1 Å². The predicted molar refractivity (Wildman–Crippen MR) is 77.9 cm³/mol. The van der Waals surface area contributed by atoms with Gasteiger partial charge in [0.15, 0.2) is 0 Å². The number of nitrogens with zero attached hydrogens (tertiary/aromatic N) is 1. The summed E-state index contributed by atoms with van der Waals surface area (Å²) in [6.07, 6.45) is 6.37. The Morgan fingerprint density at radius 3 is 2.42 bits per heavy atom. The molecule has 3 rings (SSSR count). The van der Waals surface area contributed by atoms with Crippen LogP contribution in [0, 0.1) is 0 Å². The Kier molecular flexibility index (Phi) is 3.51. The average molecular weight is 256 g/mol. The number of nitrogens with two attached hydrogens (primary N) is 1. The first-order chi connectivity index (χ1) is 9.31. The van der Waals surface area contributed by atoms with Crippen molar-refractivity contribution in [3.05, 3.63) is 36.5 Å². The molecule has 2 aromatic rings. The number of hydrogen-bond donors (Lipinski definition) is 3. The van der Waals surface area contributed by atoms with Gasteiger partial charge in [-0.05, 0) is 49.4 Å². The zero-order chi connectivity index (χ0) is 13.1. The highest BCUT2D eigenvalue weighted by Gasteiger charge is 2.17. The first-order valence-corrected chi connectivity index (χ1v) is 6.93. The third kappa shape index (κ3) is 2.96. The van der Waals surface area contributed by atoms with Gasteiger partial charge in [-0.15, -0.1) is 0 Å². The quantitative estimate of drug-likeness (QED) is 0.791. The van der Waals surface area contributed by atoms with E-state index < -0.39 is 0 Å². The SMILES string of the molecule is NC1CCC(Nc2ccc(-c3ccn[nH]3)cc2)CC1. The second-order valence-corrected chi connectivity index (χ2v) is 5.30. The predicted octanol–water partition coefficient (Wildman–Crippen LogP) is 2.76. The van der Waals surface area contributed by atoms with E-state index in [1.165, 1.54) is 18.5 Å². The van der Waals surface area contributed by atoms with Crippen LogP contribution in [0.5, 0.6) is 0 Å². The summed E-state index contributed by atoms with van der Waals surface area (Å²) in [5, 5.41) is 10.5. The van der Waals surface area contributed by atoms with E-state index in [-0.39, 0.29) is 0 Å². The highest BCUT2D eigenvalue weighted by Crippen LogP contribution is 2.23. The molecule has 0 aliphatic heterocycles. The van der Waals surface area contributed by atoms with E-state index in [1.54, 1.807) is 6.20 Å². The number of anilines is 1. The molecule has 100 valence electrons. The summed E-state index contributed by atoms with van der Waals surface area (Å²) in [6, 6.07) is 11.4. The van der Waals surface area contributed by atoms with Gasteiger partial charge in [-0.1, -0.05) is 12.1 Å². The van der Waals surface area contributed by atoms with Crippen LogP contribution in [0.1, 0.15) is 25.7 Å². The third-order valence-corrected chi connectivity index (χ3v) is 3.84. The van der Waals surface area contributed by atoms with E-state index in [0.717, 1.165) is 24.1 Å². The van der Waals surface area contributed by atoms with Gasteiger partial charge in [-0.2, -0.15) is 5.10 Å². The lowest BCUT2D eigenvalue weighted by Crippen LogP contribution is -2.32. The van der Waals surface area contributed by atoms with Gasteiger partial charge < -0.3 is 11.1 Å². The van der Waals surface area contributed by atoms with Gasteiger partial charge in [0.1, 0.15) is 0 Å². The molecule has 4 nitrogen and oxygen atoms in total. The number of aromatic amines is 1. The summed E-state index contributed by atoms with van der Waals surface area (Å²) in [5.41, 5.74) is 9.32. The van der Waals surface area contributed by atoms with Gasteiger partial charge in [0, 0.05) is 24.0 Å². The molecular weight excluding hydrogens is 236 g/mol. The molecule has 4 heteroatoms. The monoisotopic (exact) mass is 256 g/mol. The topological polar surface area (TPSA) is 66.7 Å². The first-order valence-electron chi connectivity index (χ1n) is 6.93. The van der Waals surface area contributed by atoms with E-state index in [2.05, 4.69) is 39.8 Å². The lowest BCUT2D eigenvalue weighted by molar-refractivity contribution is 0.411. The zero-order valence-corrected chi connectivity index (χ0v) is 11.0. The Labute approximate surface area is 113 Å². The largest absolute Gasteiger partial charge is 0.382 e. The molecule has 1 aliphatic rings. The van der Waals surface area contributed by atoms with Crippen LogP contribution in [0.25, 0.3) is 11.3 Å². The Balaban J connectivity index is 1.63. The number of nitrogens with one attached hydrogen (secondary N) is 2. The molecule has 1 heterocycles. The second kappa shape index (κ2) is 5.45. The molecule has 4 N–H and O–H groups in total. The molecule has 1 aliphatic carbocycles. The second-order valence-electron chi connectivity index (χ2n) is 5.30. The molecule has 0 radical (unpaired) electrons. The number of H-pyrrole nitrogens is 1. The number of aromatic nitrogens is 2. The van der Waals surface area contributed by atoms with Gasteiger partial charge >= 0.3 is 0 Å². The zero-order valence-electron chi connectivity index (χ0n) is 11.0. The number of benzene rings is 1. The molecule has 0 spiro atoms. The maximum absolute atomic E-state index is 5.93. The molecule has 1 aromatic carbocycles. The highest BCUT2D eigenvalue weighted by molar-refractivity contribution is 5.62. The molecule has 0 bridgehead atoms. The highest BCUT2D eigenvalue weighted by atomic mass is 15.1. The van der Waals surface area contributed by atoms with Crippen molar-refractivity contribution in [1.29, 1.82) is 0 Å². The van der Waals surface area contributed by atoms with Crippen LogP contribution >= 0.6 is 0 Å². The molecule has 1 fully saturated rings. The van der Waals surface area contributed by atoms with Gasteiger partial charge in [0.2, 0.25) is 0 Å². The summed E-state index contributed by atoms with van der Waals surface area (Å²) in [6.45, 7) is 0. The van der Waals surface area contributed by atoms with Crippen molar-refractivity contribution in [3.63, 3.8) is 0 Å². The maximum atomic E-state index is 5.93. The standard InChI is InChI=1S/C15H20N4/c16-12-3-7-14(8-4-12)18-13-5-1-11(2-6-13)15-9-10-17-19-15/h1-2,5-6,9-10,12,14,18H,3-4,7-8,16H2,(H,17,19). The van der Waals surface area contributed by atoms with Crippen molar-refractivity contribution in [2.24, 2.45) is 5.73 Å². The summed E-state index contributed by atoms with van der Waals surface area (Å²) in [5.74, 6) is 0. The van der Waals surface area contributed by atoms with Crippen LogP contribution in [0.4, 0.5) is 5.69 Å². The van der Waals surface area contributed by atoms with Crippen molar-refractivity contribution in [2.45, 2.75) is 37.8 Å². The molecule has 0 amide bonds. The van der Waals surface area contributed by atoms with Crippen molar-refractivity contribution < 1.29 is 0 Å². The van der Waals surface area contributed by atoms with E-state index in [4.69, 9.17) is 5.73 Å². The molecule has 1 saturated carbocycles. The van der Waals surface area contributed by atoms with E-state index in [1.807, 2.05) is 6.07 Å². The normalized spacial score (nSPS) is 23.2. The van der Waals surface area contributed by atoms with Crippen molar-refractivity contribution in [2.75, 3.05) is 5.32 Å². The van der Waals surface area contributed by atoms with Crippen LogP contribution in [0.15, 0.2) is 36.5 Å². The van der Waals surface area contributed by atoms with Gasteiger partial charge in [0.25, 0.3) is 0 Å². The summed E-state index contributed by atoms with van der Waals surface area (Å²) < 4.78 is 0. The van der Waals surface area contributed by atoms with Crippen LogP contribution in [-0.4, -0.2) is 22.3 Å². The molecule has 19 heavy (non-hydrogen) atoms.